The molecule has 2 aromatic rings. The Balaban J connectivity index is 2.41. The second-order valence-corrected chi connectivity index (χ2v) is 4.84. The van der Waals surface area contributed by atoms with Gasteiger partial charge in [-0.05, 0) is 6.07 Å². The minimum Gasteiger partial charge on any atom is -0.288 e. The molecule has 1 N–H and O–H groups in total. The molecule has 6 heteroatoms. The quantitative estimate of drug-likeness (QED) is 0.829. The van der Waals surface area contributed by atoms with E-state index < -0.39 is 0 Å². The molecule has 0 saturated heterocycles. The van der Waals surface area contributed by atoms with Crippen molar-refractivity contribution in [3.63, 3.8) is 0 Å². The Morgan fingerprint density at radius 1 is 1.50 bits per heavy atom. The second-order valence-electron chi connectivity index (χ2n) is 2.55. The predicted molar refractivity (Wildman–Crippen MR) is 56.4 cm³/mol. The molecule has 3 nitrogen and oxygen atoms in total. The van der Waals surface area contributed by atoms with Gasteiger partial charge in [0.15, 0.2) is 5.78 Å². The van der Waals surface area contributed by atoms with E-state index in [-0.39, 0.29) is 5.78 Å². The van der Waals surface area contributed by atoms with E-state index in [0.717, 1.165) is 0 Å². The van der Waals surface area contributed by atoms with Crippen LogP contribution in [0.15, 0.2) is 18.5 Å². The molecule has 0 aliphatic carbocycles. The molecule has 2 heterocycles. The molecule has 0 aromatic carbocycles. The molecule has 0 atom stereocenters. The fourth-order valence-corrected chi connectivity index (χ4v) is 2.48. The lowest BCUT2D eigenvalue weighted by molar-refractivity contribution is 0.103. The van der Waals surface area contributed by atoms with Gasteiger partial charge in [0.05, 0.1) is 21.7 Å². The van der Waals surface area contributed by atoms with Crippen molar-refractivity contribution in [2.75, 3.05) is 0 Å². The van der Waals surface area contributed by atoms with Gasteiger partial charge >= 0.3 is 0 Å². The lowest BCUT2D eigenvalue weighted by atomic mass is 10.1. The van der Waals surface area contributed by atoms with Crippen LogP contribution < -0.4 is 0 Å². The molecular formula is C8H4Cl2N2OS. The maximum absolute atomic E-state index is 11.7. The molecule has 0 aliphatic rings. The van der Waals surface area contributed by atoms with Gasteiger partial charge in [0.1, 0.15) is 4.34 Å². The first kappa shape index (κ1) is 9.71. The van der Waals surface area contributed by atoms with Crippen LogP contribution in [0.25, 0.3) is 0 Å². The molecule has 2 rings (SSSR count). The summed E-state index contributed by atoms with van der Waals surface area (Å²) in [7, 11) is 0. The van der Waals surface area contributed by atoms with Crippen molar-refractivity contribution in [3.05, 3.63) is 38.3 Å². The Morgan fingerprint density at radius 3 is 2.79 bits per heavy atom. The minimum atomic E-state index is -0.174. The number of ketones is 1. The van der Waals surface area contributed by atoms with Crippen LogP contribution in [-0.4, -0.2) is 16.0 Å². The number of nitrogens with one attached hydrogen (secondary N) is 1. The first-order valence-electron chi connectivity index (χ1n) is 3.67. The smallest absolute Gasteiger partial charge is 0.198 e. The Kier molecular flexibility index (Phi) is 2.58. The lowest BCUT2D eigenvalue weighted by Gasteiger charge is -1.92. The van der Waals surface area contributed by atoms with Gasteiger partial charge < -0.3 is 0 Å². The van der Waals surface area contributed by atoms with Gasteiger partial charge in [0.2, 0.25) is 0 Å². The predicted octanol–water partition coefficient (Wildman–Crippen LogP) is 3.01. The van der Waals surface area contributed by atoms with Crippen LogP contribution in [0.5, 0.6) is 0 Å². The summed E-state index contributed by atoms with van der Waals surface area (Å²) in [4.78, 5) is 11.7. The maximum atomic E-state index is 11.7. The topological polar surface area (TPSA) is 45.8 Å². The molecule has 0 unspecified atom stereocenters. The van der Waals surface area contributed by atoms with E-state index in [9.17, 15) is 4.79 Å². The molecule has 0 aliphatic heterocycles. The summed E-state index contributed by atoms with van der Waals surface area (Å²) in [6, 6.07) is 1.56. The van der Waals surface area contributed by atoms with Crippen molar-refractivity contribution >= 4 is 40.3 Å². The minimum absolute atomic E-state index is 0.174. The molecule has 0 spiro atoms. The maximum Gasteiger partial charge on any atom is 0.198 e. The number of aromatic amines is 1. The Labute approximate surface area is 93.7 Å². The monoisotopic (exact) mass is 246 g/mol. The van der Waals surface area contributed by atoms with E-state index in [1.165, 1.54) is 23.7 Å². The number of nitrogens with zero attached hydrogens (tertiary/aromatic N) is 1. The molecular weight excluding hydrogens is 243 g/mol. The van der Waals surface area contributed by atoms with Crippen molar-refractivity contribution < 1.29 is 4.79 Å². The first-order chi connectivity index (χ1) is 6.68. The number of H-pyrrole nitrogens is 1. The van der Waals surface area contributed by atoms with Crippen LogP contribution in [0.1, 0.15) is 15.9 Å². The molecule has 0 radical (unpaired) electrons. The third kappa shape index (κ3) is 1.68. The van der Waals surface area contributed by atoms with Crippen LogP contribution in [-0.2, 0) is 0 Å². The molecule has 0 saturated carbocycles. The third-order valence-electron chi connectivity index (χ3n) is 1.66. The Bertz CT molecular complexity index is 464. The van der Waals surface area contributed by atoms with Crippen LogP contribution in [0.4, 0.5) is 0 Å². The zero-order valence-electron chi connectivity index (χ0n) is 6.75. The summed E-state index contributed by atoms with van der Waals surface area (Å²) in [6.45, 7) is 0. The summed E-state index contributed by atoms with van der Waals surface area (Å²) in [5, 5.41) is 6.25. The summed E-state index contributed by atoms with van der Waals surface area (Å²) < 4.78 is 0.906. The van der Waals surface area contributed by atoms with E-state index in [0.29, 0.717) is 19.8 Å². The second kappa shape index (κ2) is 3.73. The number of aromatic nitrogens is 2. The van der Waals surface area contributed by atoms with Crippen molar-refractivity contribution in [3.8, 4) is 0 Å². The zero-order valence-corrected chi connectivity index (χ0v) is 9.08. The number of carbonyl (C=O) groups excluding carboxylic acids is 1. The van der Waals surface area contributed by atoms with Crippen molar-refractivity contribution in [2.24, 2.45) is 0 Å². The number of thiophene rings is 1. The molecule has 0 amide bonds. The largest absolute Gasteiger partial charge is 0.288 e. The third-order valence-corrected chi connectivity index (χ3v) is 3.15. The highest BCUT2D eigenvalue weighted by Gasteiger charge is 2.16. The van der Waals surface area contributed by atoms with E-state index >= 15 is 0 Å². The average Bonchev–Trinajstić information content (AvgIpc) is 2.73. The van der Waals surface area contributed by atoms with Crippen molar-refractivity contribution in [2.45, 2.75) is 0 Å². The van der Waals surface area contributed by atoms with Crippen LogP contribution in [0, 0.1) is 0 Å². The summed E-state index contributed by atoms with van der Waals surface area (Å²) >= 11 is 12.7. The molecule has 72 valence electrons. The standard InChI is InChI=1S/C8H4Cl2N2OS/c9-6-1-5(8(10)14-6)7(13)4-2-11-12-3-4/h1-3H,(H,11,12). The van der Waals surface area contributed by atoms with E-state index in [1.54, 1.807) is 6.07 Å². The van der Waals surface area contributed by atoms with Gasteiger partial charge in [-0.1, -0.05) is 23.2 Å². The van der Waals surface area contributed by atoms with Crippen LogP contribution in [0.3, 0.4) is 0 Å². The SMILES string of the molecule is O=C(c1cn[nH]c1)c1cc(Cl)sc1Cl. The molecule has 2 aromatic heterocycles. The fraction of sp³-hybridized carbons (Fsp3) is 0. The fourth-order valence-electron chi connectivity index (χ4n) is 1.03. The van der Waals surface area contributed by atoms with E-state index in [2.05, 4.69) is 10.2 Å². The van der Waals surface area contributed by atoms with Crippen molar-refractivity contribution in [1.82, 2.24) is 10.2 Å². The highest BCUT2D eigenvalue weighted by molar-refractivity contribution is 7.20. The Morgan fingerprint density at radius 2 is 2.29 bits per heavy atom. The molecule has 0 bridgehead atoms. The Hall–Kier alpha value is -0.840. The van der Waals surface area contributed by atoms with E-state index in [4.69, 9.17) is 23.2 Å². The van der Waals surface area contributed by atoms with Gasteiger partial charge in [-0.25, -0.2) is 0 Å². The zero-order chi connectivity index (χ0) is 10.1. The van der Waals surface area contributed by atoms with Crippen LogP contribution >= 0.6 is 34.5 Å². The summed E-state index contributed by atoms with van der Waals surface area (Å²) in [6.07, 6.45) is 2.97. The van der Waals surface area contributed by atoms with Gasteiger partial charge in [-0.2, -0.15) is 5.10 Å². The summed E-state index contributed by atoms with van der Waals surface area (Å²) in [5.74, 6) is -0.174. The number of halogens is 2. The van der Waals surface area contributed by atoms with Crippen molar-refractivity contribution in [1.29, 1.82) is 0 Å². The first-order valence-corrected chi connectivity index (χ1v) is 5.24. The number of hydrogen-bond donors (Lipinski definition) is 1. The normalized spacial score (nSPS) is 10.4. The lowest BCUT2D eigenvalue weighted by Crippen LogP contribution is -1.97. The number of hydrogen-bond acceptors (Lipinski definition) is 3. The van der Waals surface area contributed by atoms with Gasteiger partial charge in [-0.15, -0.1) is 11.3 Å². The molecule has 0 fully saturated rings. The highest BCUT2D eigenvalue weighted by atomic mass is 35.5. The van der Waals surface area contributed by atoms with Gasteiger partial charge in [0, 0.05) is 6.20 Å². The summed E-state index contributed by atoms with van der Waals surface area (Å²) in [5.41, 5.74) is 0.893. The van der Waals surface area contributed by atoms with Gasteiger partial charge in [0.25, 0.3) is 0 Å². The van der Waals surface area contributed by atoms with E-state index in [1.807, 2.05) is 0 Å². The number of rotatable bonds is 2. The van der Waals surface area contributed by atoms with Crippen LogP contribution in [0.2, 0.25) is 8.67 Å². The highest BCUT2D eigenvalue weighted by Crippen LogP contribution is 2.32. The van der Waals surface area contributed by atoms with Gasteiger partial charge in [-0.3, -0.25) is 9.89 Å². The molecule has 14 heavy (non-hydrogen) atoms. The number of carbonyl (C=O) groups is 1. The average molecular weight is 247 g/mol.